The topological polar surface area (TPSA) is 81.9 Å². The number of carbonyl (C=O) groups excluding carboxylic acids is 1. The van der Waals surface area contributed by atoms with Crippen LogP contribution in [0.5, 0.6) is 5.75 Å². The molecule has 0 bridgehead atoms. The number of anilines is 1. The second kappa shape index (κ2) is 8.39. The maximum absolute atomic E-state index is 12.2. The van der Waals surface area contributed by atoms with Crippen molar-refractivity contribution in [2.24, 2.45) is 0 Å². The minimum absolute atomic E-state index is 0.0956. The van der Waals surface area contributed by atoms with Gasteiger partial charge >= 0.3 is 0 Å². The van der Waals surface area contributed by atoms with E-state index in [0.717, 1.165) is 0 Å². The lowest BCUT2D eigenvalue weighted by Gasteiger charge is -2.09. The van der Waals surface area contributed by atoms with Gasteiger partial charge in [0.2, 0.25) is 11.1 Å². The summed E-state index contributed by atoms with van der Waals surface area (Å²) in [6.45, 7) is 0. The molecule has 0 saturated heterocycles. The molecule has 0 fully saturated rings. The zero-order valence-corrected chi connectivity index (χ0v) is 15.8. The number of para-hydroxylation sites is 2. The number of amides is 1. The van der Waals surface area contributed by atoms with Crippen LogP contribution < -0.4 is 10.1 Å². The molecule has 0 spiro atoms. The number of aromatic nitrogens is 4. The Hall–Kier alpha value is -2.29. The summed E-state index contributed by atoms with van der Waals surface area (Å²) in [4.78, 5) is 12.2. The molecule has 1 heterocycles. The van der Waals surface area contributed by atoms with Crippen molar-refractivity contribution in [2.45, 2.75) is 5.16 Å². The van der Waals surface area contributed by atoms with Crippen LogP contribution in [-0.2, 0) is 4.79 Å². The van der Waals surface area contributed by atoms with Crippen LogP contribution in [0.15, 0.2) is 47.6 Å². The lowest BCUT2D eigenvalue weighted by molar-refractivity contribution is -0.113. The first-order chi connectivity index (χ1) is 12.6. The quantitative estimate of drug-likeness (QED) is 0.624. The van der Waals surface area contributed by atoms with Gasteiger partial charge in [0.05, 0.1) is 23.6 Å². The van der Waals surface area contributed by atoms with Crippen LogP contribution in [0.4, 0.5) is 5.69 Å². The summed E-state index contributed by atoms with van der Waals surface area (Å²) in [6, 6.07) is 12.2. The summed E-state index contributed by atoms with van der Waals surface area (Å²) in [5.41, 5.74) is 1.13. The molecule has 0 radical (unpaired) electrons. The Morgan fingerprint density at radius 2 is 2.08 bits per heavy atom. The molecule has 0 aliphatic rings. The van der Waals surface area contributed by atoms with Crippen molar-refractivity contribution in [1.29, 1.82) is 0 Å². The molecule has 134 valence electrons. The summed E-state index contributed by atoms with van der Waals surface area (Å²) in [5, 5.41) is 15.7. The lowest BCUT2D eigenvalue weighted by atomic mass is 10.3. The molecule has 3 aromatic rings. The average Bonchev–Trinajstić information content (AvgIpc) is 3.11. The Balaban J connectivity index is 1.70. The van der Waals surface area contributed by atoms with Gasteiger partial charge < -0.3 is 10.1 Å². The Labute approximate surface area is 163 Å². The number of rotatable bonds is 6. The fraction of sp³-hybridized carbons (Fsp3) is 0.125. The molecule has 10 heteroatoms. The standard InChI is InChI=1S/C16H13Cl2N5O2S/c1-25-14-5-3-2-4-13(14)23-16(20-21-22-23)26-9-15(24)19-12-8-10(17)6-7-11(12)18/h2-8H,9H2,1H3,(H,19,24). The Bertz CT molecular complexity index is 935. The maximum atomic E-state index is 12.2. The van der Waals surface area contributed by atoms with E-state index in [1.54, 1.807) is 31.4 Å². The predicted octanol–water partition coefficient (Wildman–Crippen LogP) is 3.71. The van der Waals surface area contributed by atoms with E-state index < -0.39 is 0 Å². The predicted molar refractivity (Wildman–Crippen MR) is 102 cm³/mol. The van der Waals surface area contributed by atoms with Crippen LogP contribution in [0.25, 0.3) is 5.69 Å². The van der Waals surface area contributed by atoms with E-state index in [4.69, 9.17) is 27.9 Å². The Kier molecular flexibility index (Phi) is 5.97. The van der Waals surface area contributed by atoms with E-state index in [0.29, 0.717) is 32.3 Å². The average molecular weight is 410 g/mol. The van der Waals surface area contributed by atoms with E-state index in [1.807, 2.05) is 18.2 Å². The van der Waals surface area contributed by atoms with Gasteiger partial charge in [0.1, 0.15) is 11.4 Å². The van der Waals surface area contributed by atoms with E-state index in [-0.39, 0.29) is 11.7 Å². The molecule has 0 aliphatic heterocycles. The van der Waals surface area contributed by atoms with Gasteiger partial charge in [0.15, 0.2) is 0 Å². The smallest absolute Gasteiger partial charge is 0.234 e. The third kappa shape index (κ3) is 4.27. The number of hydrogen-bond acceptors (Lipinski definition) is 6. The van der Waals surface area contributed by atoms with Crippen molar-refractivity contribution in [2.75, 3.05) is 18.2 Å². The number of nitrogens with zero attached hydrogens (tertiary/aromatic N) is 4. The minimum atomic E-state index is -0.256. The van der Waals surface area contributed by atoms with Crippen molar-refractivity contribution in [3.8, 4) is 11.4 Å². The highest BCUT2D eigenvalue weighted by molar-refractivity contribution is 7.99. The highest BCUT2D eigenvalue weighted by atomic mass is 35.5. The maximum Gasteiger partial charge on any atom is 0.234 e. The number of methoxy groups -OCH3 is 1. The van der Waals surface area contributed by atoms with Gasteiger partial charge in [-0.2, -0.15) is 4.68 Å². The van der Waals surface area contributed by atoms with Crippen LogP contribution in [0.1, 0.15) is 0 Å². The highest BCUT2D eigenvalue weighted by Crippen LogP contribution is 2.27. The third-order valence-electron chi connectivity index (χ3n) is 3.29. The molecule has 7 nitrogen and oxygen atoms in total. The molecular weight excluding hydrogens is 397 g/mol. The van der Waals surface area contributed by atoms with Crippen molar-refractivity contribution in [3.05, 3.63) is 52.5 Å². The number of thioether (sulfide) groups is 1. The largest absolute Gasteiger partial charge is 0.494 e. The number of carbonyl (C=O) groups is 1. The third-order valence-corrected chi connectivity index (χ3v) is 4.77. The number of nitrogens with one attached hydrogen (secondary N) is 1. The fourth-order valence-electron chi connectivity index (χ4n) is 2.13. The molecule has 1 amide bonds. The normalized spacial score (nSPS) is 10.6. The first kappa shape index (κ1) is 18.5. The van der Waals surface area contributed by atoms with Gasteiger partial charge in [-0.05, 0) is 40.8 Å². The van der Waals surface area contributed by atoms with Crippen LogP contribution >= 0.6 is 35.0 Å². The molecule has 0 aliphatic carbocycles. The van der Waals surface area contributed by atoms with Gasteiger partial charge in [-0.25, -0.2) is 0 Å². The van der Waals surface area contributed by atoms with Gasteiger partial charge in [0.25, 0.3) is 0 Å². The van der Waals surface area contributed by atoms with E-state index >= 15 is 0 Å². The van der Waals surface area contributed by atoms with Crippen molar-refractivity contribution in [3.63, 3.8) is 0 Å². The van der Waals surface area contributed by atoms with Crippen LogP contribution in [-0.4, -0.2) is 39.0 Å². The molecule has 3 rings (SSSR count). The number of hydrogen-bond donors (Lipinski definition) is 1. The van der Waals surface area contributed by atoms with Crippen LogP contribution in [0, 0.1) is 0 Å². The van der Waals surface area contributed by atoms with E-state index in [9.17, 15) is 4.79 Å². The van der Waals surface area contributed by atoms with Crippen molar-refractivity contribution in [1.82, 2.24) is 20.2 Å². The van der Waals surface area contributed by atoms with Gasteiger partial charge in [-0.3, -0.25) is 4.79 Å². The lowest BCUT2D eigenvalue weighted by Crippen LogP contribution is -2.15. The number of benzene rings is 2. The van der Waals surface area contributed by atoms with Gasteiger partial charge in [0, 0.05) is 5.02 Å². The summed E-state index contributed by atoms with van der Waals surface area (Å²) in [5.74, 6) is 0.462. The first-order valence-electron chi connectivity index (χ1n) is 7.38. The fourth-order valence-corrected chi connectivity index (χ4v) is 3.16. The van der Waals surface area contributed by atoms with Crippen LogP contribution in [0.3, 0.4) is 0 Å². The zero-order valence-electron chi connectivity index (χ0n) is 13.5. The number of ether oxygens (including phenoxy) is 1. The molecule has 0 unspecified atom stereocenters. The molecule has 1 N–H and O–H groups in total. The van der Waals surface area contributed by atoms with E-state index in [1.165, 1.54) is 16.4 Å². The molecule has 1 aromatic heterocycles. The van der Waals surface area contributed by atoms with Gasteiger partial charge in [-0.15, -0.1) is 5.10 Å². The van der Waals surface area contributed by atoms with Crippen molar-refractivity contribution < 1.29 is 9.53 Å². The summed E-state index contributed by atoms with van der Waals surface area (Å²) < 4.78 is 6.84. The Morgan fingerprint density at radius 1 is 1.27 bits per heavy atom. The van der Waals surface area contributed by atoms with Gasteiger partial charge in [-0.1, -0.05) is 47.1 Å². The molecule has 2 aromatic carbocycles. The first-order valence-corrected chi connectivity index (χ1v) is 9.12. The SMILES string of the molecule is COc1ccccc1-n1nnnc1SCC(=O)Nc1cc(Cl)ccc1Cl. The summed E-state index contributed by atoms with van der Waals surface area (Å²) in [7, 11) is 1.57. The second-order valence-corrected chi connectivity index (χ2v) is 6.79. The molecule has 0 atom stereocenters. The highest BCUT2D eigenvalue weighted by Gasteiger charge is 2.15. The van der Waals surface area contributed by atoms with Crippen LogP contribution in [0.2, 0.25) is 10.0 Å². The second-order valence-electron chi connectivity index (χ2n) is 5.01. The minimum Gasteiger partial charge on any atom is -0.494 e. The summed E-state index contributed by atoms with van der Waals surface area (Å²) >= 11 is 13.2. The summed E-state index contributed by atoms with van der Waals surface area (Å²) in [6.07, 6.45) is 0. The Morgan fingerprint density at radius 3 is 2.88 bits per heavy atom. The number of halogens is 2. The monoisotopic (exact) mass is 409 g/mol. The molecule has 26 heavy (non-hydrogen) atoms. The van der Waals surface area contributed by atoms with Crippen molar-refractivity contribution >= 4 is 46.6 Å². The molecular formula is C16H13Cl2N5O2S. The molecule has 0 saturated carbocycles. The van der Waals surface area contributed by atoms with E-state index in [2.05, 4.69) is 20.8 Å². The number of tetrazole rings is 1. The zero-order chi connectivity index (χ0) is 18.5.